The van der Waals surface area contributed by atoms with Gasteiger partial charge in [-0.15, -0.1) is 0 Å². The molecule has 4 aromatic heterocycles. The summed E-state index contributed by atoms with van der Waals surface area (Å²) in [4.78, 5) is 14.0. The lowest BCUT2D eigenvalue weighted by atomic mass is 9.99. The summed E-state index contributed by atoms with van der Waals surface area (Å²) in [6.45, 7) is 0. The lowest BCUT2D eigenvalue weighted by molar-refractivity contribution is 1.09. The Hall–Kier alpha value is -4.05. The van der Waals surface area contributed by atoms with E-state index in [1.54, 1.807) is 0 Å². The second-order valence-corrected chi connectivity index (χ2v) is 8.56. The molecule has 0 saturated carbocycles. The number of imidazole rings is 1. The van der Waals surface area contributed by atoms with Crippen LogP contribution in [0.25, 0.3) is 49.7 Å². The van der Waals surface area contributed by atoms with Crippen molar-refractivity contribution in [2.75, 3.05) is 0 Å². The Kier molecular flexibility index (Phi) is 2.72. The van der Waals surface area contributed by atoms with Crippen molar-refractivity contribution in [1.82, 2.24) is 19.4 Å². The lowest BCUT2D eigenvalue weighted by Gasteiger charge is -2.09. The summed E-state index contributed by atoms with van der Waals surface area (Å²) >= 11 is 0. The fourth-order valence-electron chi connectivity index (χ4n) is 5.64. The number of pyridine rings is 3. The highest BCUT2D eigenvalue weighted by atomic mass is 15.0. The van der Waals surface area contributed by atoms with Crippen LogP contribution < -0.4 is 0 Å². The number of fused-ring (bicyclic) bond motifs is 13. The zero-order chi connectivity index (χ0) is 20.1. The molecule has 6 aromatic rings. The van der Waals surface area contributed by atoms with E-state index in [0.29, 0.717) is 0 Å². The van der Waals surface area contributed by atoms with Crippen molar-refractivity contribution in [3.05, 3.63) is 95.7 Å². The highest BCUT2D eigenvalue weighted by Gasteiger charge is 2.29. The fraction of sp³-hybridized carbons (Fsp3) is 0.0741. The predicted octanol–water partition coefficient (Wildman–Crippen LogP) is 5.57. The van der Waals surface area contributed by atoms with E-state index in [2.05, 4.69) is 62.9 Å². The Morgan fingerprint density at radius 3 is 2.45 bits per heavy atom. The van der Waals surface area contributed by atoms with Gasteiger partial charge in [-0.1, -0.05) is 24.3 Å². The van der Waals surface area contributed by atoms with E-state index in [1.165, 1.54) is 39.1 Å². The summed E-state index contributed by atoms with van der Waals surface area (Å²) in [5.74, 6) is 0. The van der Waals surface area contributed by atoms with E-state index in [1.807, 2.05) is 24.8 Å². The van der Waals surface area contributed by atoms with Gasteiger partial charge in [-0.25, -0.2) is 4.98 Å². The summed E-state index contributed by atoms with van der Waals surface area (Å²) in [6.07, 6.45) is 9.50. The third-order valence-corrected chi connectivity index (χ3v) is 7.00. The zero-order valence-electron chi connectivity index (χ0n) is 16.6. The average Bonchev–Trinajstić information content (AvgIpc) is 3.47. The van der Waals surface area contributed by atoms with Gasteiger partial charge in [0.2, 0.25) is 0 Å². The molecule has 0 atom stereocenters. The SMILES string of the molecule is c1ccc2c(c1)Cc1cc3c(cc1-2)Cc1c-3nc2c3ccncc3c3ccncc3n12. The molecular weight excluding hydrogens is 380 g/mol. The molecule has 0 fully saturated rings. The van der Waals surface area contributed by atoms with Crippen molar-refractivity contribution >= 4 is 27.3 Å². The van der Waals surface area contributed by atoms with Crippen LogP contribution in [0.2, 0.25) is 0 Å². The molecule has 144 valence electrons. The Labute approximate surface area is 177 Å². The van der Waals surface area contributed by atoms with Gasteiger partial charge >= 0.3 is 0 Å². The highest BCUT2D eigenvalue weighted by Crippen LogP contribution is 2.45. The van der Waals surface area contributed by atoms with E-state index in [0.717, 1.165) is 45.9 Å². The molecule has 0 saturated heterocycles. The van der Waals surface area contributed by atoms with Gasteiger partial charge in [0, 0.05) is 46.7 Å². The standard InChI is InChI=1S/C27H16N4/c1-2-4-18-15(3-1)9-16-11-22-17(10-21(16)18)12-24-26(22)30-27-20-6-8-28-13-23(20)19-5-7-29-14-25(19)31(24)27/h1-8,10-11,13-14H,9,12H2. The normalized spacial score (nSPS) is 13.5. The van der Waals surface area contributed by atoms with Crippen molar-refractivity contribution in [2.24, 2.45) is 0 Å². The van der Waals surface area contributed by atoms with Gasteiger partial charge < -0.3 is 0 Å². The zero-order valence-corrected chi connectivity index (χ0v) is 16.6. The van der Waals surface area contributed by atoms with Crippen LogP contribution >= 0.6 is 0 Å². The van der Waals surface area contributed by atoms with Crippen LogP contribution in [0.3, 0.4) is 0 Å². The maximum absolute atomic E-state index is 5.19. The molecule has 0 unspecified atom stereocenters. The van der Waals surface area contributed by atoms with Crippen LogP contribution in [0.15, 0.2) is 73.3 Å². The number of nitrogens with zero attached hydrogens (tertiary/aromatic N) is 4. The van der Waals surface area contributed by atoms with E-state index in [-0.39, 0.29) is 0 Å². The number of hydrogen-bond acceptors (Lipinski definition) is 3. The minimum absolute atomic E-state index is 0.891. The van der Waals surface area contributed by atoms with Crippen molar-refractivity contribution in [1.29, 1.82) is 0 Å². The highest BCUT2D eigenvalue weighted by molar-refractivity contribution is 6.11. The molecule has 0 aliphatic heterocycles. The first-order valence-electron chi connectivity index (χ1n) is 10.6. The quantitative estimate of drug-likeness (QED) is 0.315. The second kappa shape index (κ2) is 5.35. The van der Waals surface area contributed by atoms with Crippen LogP contribution in [0.5, 0.6) is 0 Å². The first-order chi connectivity index (χ1) is 15.4. The third-order valence-electron chi connectivity index (χ3n) is 7.00. The topological polar surface area (TPSA) is 43.1 Å². The van der Waals surface area contributed by atoms with E-state index >= 15 is 0 Å². The van der Waals surface area contributed by atoms with Crippen molar-refractivity contribution in [3.8, 4) is 22.4 Å². The lowest BCUT2D eigenvalue weighted by Crippen LogP contribution is -1.97. The van der Waals surface area contributed by atoms with Crippen LogP contribution in [-0.4, -0.2) is 19.4 Å². The maximum atomic E-state index is 5.19. The van der Waals surface area contributed by atoms with Gasteiger partial charge in [-0.05, 0) is 58.5 Å². The summed E-state index contributed by atoms with van der Waals surface area (Å²) in [6, 6.07) is 17.7. The number of benzene rings is 2. The van der Waals surface area contributed by atoms with Crippen molar-refractivity contribution < 1.29 is 0 Å². The van der Waals surface area contributed by atoms with Gasteiger partial charge in [-0.3, -0.25) is 14.4 Å². The number of rotatable bonds is 0. The Bertz CT molecular complexity index is 1740. The van der Waals surface area contributed by atoms with Crippen molar-refractivity contribution in [3.63, 3.8) is 0 Å². The first kappa shape index (κ1) is 15.7. The summed E-state index contributed by atoms with van der Waals surface area (Å²) in [5.41, 5.74) is 12.7. The van der Waals surface area contributed by atoms with E-state index < -0.39 is 0 Å². The fourth-order valence-corrected chi connectivity index (χ4v) is 5.64. The average molecular weight is 396 g/mol. The van der Waals surface area contributed by atoms with Gasteiger partial charge in [0.05, 0.1) is 23.1 Å². The molecule has 31 heavy (non-hydrogen) atoms. The number of aromatic nitrogens is 4. The van der Waals surface area contributed by atoms with Gasteiger partial charge in [0.25, 0.3) is 0 Å². The van der Waals surface area contributed by atoms with E-state index in [4.69, 9.17) is 4.98 Å². The Morgan fingerprint density at radius 1 is 0.677 bits per heavy atom. The van der Waals surface area contributed by atoms with Crippen LogP contribution in [0.1, 0.15) is 22.4 Å². The molecule has 0 bridgehead atoms. The van der Waals surface area contributed by atoms with Gasteiger partial charge in [-0.2, -0.15) is 0 Å². The molecule has 2 aromatic carbocycles. The monoisotopic (exact) mass is 396 g/mol. The Balaban J connectivity index is 1.46. The second-order valence-electron chi connectivity index (χ2n) is 8.56. The van der Waals surface area contributed by atoms with Gasteiger partial charge in [0.1, 0.15) is 5.65 Å². The molecule has 4 heterocycles. The molecule has 8 rings (SSSR count). The minimum atomic E-state index is 0.891. The molecular formula is C27H16N4. The van der Waals surface area contributed by atoms with Gasteiger partial charge in [0.15, 0.2) is 0 Å². The largest absolute Gasteiger partial charge is 0.294 e. The molecule has 4 heteroatoms. The molecule has 0 spiro atoms. The summed E-state index contributed by atoms with van der Waals surface area (Å²) < 4.78 is 2.32. The third kappa shape index (κ3) is 1.88. The number of hydrogen-bond donors (Lipinski definition) is 0. The molecule has 2 aliphatic carbocycles. The first-order valence-corrected chi connectivity index (χ1v) is 10.6. The van der Waals surface area contributed by atoms with Crippen LogP contribution in [-0.2, 0) is 12.8 Å². The molecule has 0 N–H and O–H groups in total. The minimum Gasteiger partial charge on any atom is -0.294 e. The maximum Gasteiger partial charge on any atom is 0.146 e. The molecule has 4 nitrogen and oxygen atoms in total. The van der Waals surface area contributed by atoms with E-state index in [9.17, 15) is 0 Å². The molecule has 0 radical (unpaired) electrons. The van der Waals surface area contributed by atoms with Crippen molar-refractivity contribution in [2.45, 2.75) is 12.8 Å². The van der Waals surface area contributed by atoms with Crippen LogP contribution in [0, 0.1) is 0 Å². The summed E-state index contributed by atoms with van der Waals surface area (Å²) in [7, 11) is 0. The van der Waals surface area contributed by atoms with Crippen LogP contribution in [0.4, 0.5) is 0 Å². The molecule has 2 aliphatic rings. The smallest absolute Gasteiger partial charge is 0.146 e. The summed E-state index contributed by atoms with van der Waals surface area (Å²) in [5, 5.41) is 3.43. The predicted molar refractivity (Wildman–Crippen MR) is 122 cm³/mol. The Morgan fingerprint density at radius 2 is 1.48 bits per heavy atom. The molecule has 0 amide bonds.